The third-order valence-electron chi connectivity index (χ3n) is 2.63. The van der Waals surface area contributed by atoms with E-state index in [0.29, 0.717) is 6.61 Å². The fourth-order valence-corrected chi connectivity index (χ4v) is 2.88. The summed E-state index contributed by atoms with van der Waals surface area (Å²) >= 11 is 1.41. The van der Waals surface area contributed by atoms with E-state index in [2.05, 4.69) is 17.1 Å². The molecule has 5 nitrogen and oxygen atoms in total. The maximum Gasteiger partial charge on any atom is 0.319 e. The van der Waals surface area contributed by atoms with Gasteiger partial charge in [-0.1, -0.05) is 31.2 Å². The van der Waals surface area contributed by atoms with Crippen LogP contribution in [-0.4, -0.2) is 32.4 Å². The number of carbonyl (C=O) groups excluding carboxylic acids is 1. The predicted molar refractivity (Wildman–Crippen MR) is 74.2 cm³/mol. The van der Waals surface area contributed by atoms with Crippen LogP contribution in [-0.2, 0) is 9.53 Å². The van der Waals surface area contributed by atoms with Crippen LogP contribution in [0.5, 0.6) is 0 Å². The van der Waals surface area contributed by atoms with E-state index < -0.39 is 0 Å². The minimum atomic E-state index is -0.224. The van der Waals surface area contributed by atoms with Gasteiger partial charge < -0.3 is 4.74 Å². The number of thioether (sulfide) groups is 1. The third kappa shape index (κ3) is 3.26. The van der Waals surface area contributed by atoms with Crippen molar-refractivity contribution < 1.29 is 9.53 Å². The summed E-state index contributed by atoms with van der Waals surface area (Å²) in [6, 6.07) is 5.71. The molecule has 0 aliphatic carbocycles. The van der Waals surface area contributed by atoms with Crippen LogP contribution in [0.2, 0.25) is 0 Å². The van der Waals surface area contributed by atoms with E-state index in [9.17, 15) is 4.79 Å². The van der Waals surface area contributed by atoms with Gasteiger partial charge in [-0.3, -0.25) is 9.20 Å². The van der Waals surface area contributed by atoms with Crippen LogP contribution in [0.15, 0.2) is 29.6 Å². The van der Waals surface area contributed by atoms with E-state index in [0.717, 1.165) is 23.6 Å². The fraction of sp³-hybridized carbons (Fsp3) is 0.462. The Morgan fingerprint density at radius 2 is 2.26 bits per heavy atom. The highest BCUT2D eigenvalue weighted by molar-refractivity contribution is 8.00. The Morgan fingerprint density at radius 3 is 3.00 bits per heavy atom. The van der Waals surface area contributed by atoms with Gasteiger partial charge in [-0.25, -0.2) is 0 Å². The molecule has 0 saturated carbocycles. The Bertz CT molecular complexity index is 556. The van der Waals surface area contributed by atoms with Crippen LogP contribution in [0.25, 0.3) is 5.65 Å². The van der Waals surface area contributed by atoms with Crippen molar-refractivity contribution in [3.8, 4) is 0 Å². The number of fused-ring (bicyclic) bond motifs is 1. The first-order valence-corrected chi connectivity index (χ1v) is 7.27. The number of pyridine rings is 1. The molecule has 2 heterocycles. The second-order valence-electron chi connectivity index (χ2n) is 4.06. The molecule has 2 aromatic heterocycles. The summed E-state index contributed by atoms with van der Waals surface area (Å²) in [5.74, 6) is -0.179. The molecule has 0 radical (unpaired) electrons. The molecule has 2 rings (SSSR count). The van der Waals surface area contributed by atoms with Crippen LogP contribution in [0, 0.1) is 0 Å². The van der Waals surface area contributed by atoms with Gasteiger partial charge in [-0.2, -0.15) is 0 Å². The second kappa shape index (κ2) is 6.56. The van der Waals surface area contributed by atoms with Gasteiger partial charge >= 0.3 is 5.97 Å². The number of rotatable bonds is 6. The van der Waals surface area contributed by atoms with E-state index in [4.69, 9.17) is 4.74 Å². The molecule has 1 atom stereocenters. The summed E-state index contributed by atoms with van der Waals surface area (Å²) in [5, 5.41) is 8.70. The Morgan fingerprint density at radius 1 is 1.42 bits per heavy atom. The van der Waals surface area contributed by atoms with Crippen LogP contribution < -0.4 is 0 Å². The molecule has 0 aliphatic rings. The molecule has 2 aromatic rings. The zero-order valence-corrected chi connectivity index (χ0v) is 11.9. The van der Waals surface area contributed by atoms with E-state index >= 15 is 0 Å². The van der Waals surface area contributed by atoms with Gasteiger partial charge in [0.2, 0.25) is 0 Å². The average molecular weight is 279 g/mol. The molecule has 0 spiro atoms. The Kier molecular flexibility index (Phi) is 4.79. The normalized spacial score (nSPS) is 12.5. The van der Waals surface area contributed by atoms with E-state index in [1.54, 1.807) is 0 Å². The predicted octanol–water partition coefficient (Wildman–Crippen LogP) is 2.55. The van der Waals surface area contributed by atoms with E-state index in [1.165, 1.54) is 11.8 Å². The van der Waals surface area contributed by atoms with Gasteiger partial charge in [-0.05, 0) is 25.5 Å². The zero-order chi connectivity index (χ0) is 13.7. The first-order valence-electron chi connectivity index (χ1n) is 6.39. The molecule has 0 amide bonds. The quantitative estimate of drug-likeness (QED) is 0.601. The lowest BCUT2D eigenvalue weighted by molar-refractivity contribution is -0.142. The molecular formula is C13H17N3O2S. The largest absolute Gasteiger partial charge is 0.465 e. The van der Waals surface area contributed by atoms with Gasteiger partial charge in [0.1, 0.15) is 5.25 Å². The standard InChI is InChI=1S/C13H17N3O2S/c1-3-7-10(12(17)18-4-2)19-13-15-14-11-8-5-6-9-16(11)13/h5-6,8-10H,3-4,7H2,1-2H3. The summed E-state index contributed by atoms with van der Waals surface area (Å²) in [4.78, 5) is 11.9. The highest BCUT2D eigenvalue weighted by atomic mass is 32.2. The molecule has 0 aliphatic heterocycles. The van der Waals surface area contributed by atoms with Crippen LogP contribution in [0.1, 0.15) is 26.7 Å². The summed E-state index contributed by atoms with van der Waals surface area (Å²) < 4.78 is 6.98. The van der Waals surface area contributed by atoms with Crippen molar-refractivity contribution in [3.63, 3.8) is 0 Å². The summed E-state index contributed by atoms with van der Waals surface area (Å²) in [6.07, 6.45) is 3.59. The Hall–Kier alpha value is -1.56. The number of hydrogen-bond donors (Lipinski definition) is 0. The van der Waals surface area contributed by atoms with Gasteiger partial charge in [0.15, 0.2) is 10.8 Å². The second-order valence-corrected chi connectivity index (χ2v) is 5.23. The smallest absolute Gasteiger partial charge is 0.319 e. The fourth-order valence-electron chi connectivity index (χ4n) is 1.75. The third-order valence-corrected chi connectivity index (χ3v) is 3.83. The lowest BCUT2D eigenvalue weighted by Crippen LogP contribution is -2.20. The number of aromatic nitrogens is 3. The molecule has 102 valence electrons. The maximum absolute atomic E-state index is 11.9. The molecule has 0 bridgehead atoms. The number of nitrogens with zero attached hydrogens (tertiary/aromatic N) is 3. The monoisotopic (exact) mass is 279 g/mol. The Labute approximate surface area is 116 Å². The molecule has 0 fully saturated rings. The molecule has 6 heteroatoms. The van der Waals surface area contributed by atoms with Gasteiger partial charge in [-0.15, -0.1) is 10.2 Å². The maximum atomic E-state index is 11.9. The number of ether oxygens (including phenoxy) is 1. The van der Waals surface area contributed by atoms with Gasteiger partial charge in [0, 0.05) is 6.20 Å². The lowest BCUT2D eigenvalue weighted by atomic mass is 10.2. The molecular weight excluding hydrogens is 262 g/mol. The van der Waals surface area contributed by atoms with Crippen LogP contribution >= 0.6 is 11.8 Å². The van der Waals surface area contributed by atoms with E-state index in [-0.39, 0.29) is 11.2 Å². The van der Waals surface area contributed by atoms with Crippen molar-refractivity contribution in [3.05, 3.63) is 24.4 Å². The Balaban J connectivity index is 2.18. The highest BCUT2D eigenvalue weighted by Gasteiger charge is 2.22. The van der Waals surface area contributed by atoms with Crippen LogP contribution in [0.4, 0.5) is 0 Å². The van der Waals surface area contributed by atoms with Crippen LogP contribution in [0.3, 0.4) is 0 Å². The molecule has 19 heavy (non-hydrogen) atoms. The molecule has 1 unspecified atom stereocenters. The lowest BCUT2D eigenvalue weighted by Gasteiger charge is -2.12. The first kappa shape index (κ1) is 13.9. The van der Waals surface area contributed by atoms with Crippen molar-refractivity contribution in [2.24, 2.45) is 0 Å². The molecule has 0 saturated heterocycles. The van der Waals surface area contributed by atoms with Crippen molar-refractivity contribution in [2.75, 3.05) is 6.61 Å². The van der Waals surface area contributed by atoms with Crippen molar-refractivity contribution in [1.29, 1.82) is 0 Å². The SMILES string of the molecule is CCCC(Sc1nnc2ccccn12)C(=O)OCC. The van der Waals surface area contributed by atoms with Crippen molar-refractivity contribution in [2.45, 2.75) is 37.1 Å². The highest BCUT2D eigenvalue weighted by Crippen LogP contribution is 2.26. The first-order chi connectivity index (χ1) is 9.26. The summed E-state index contributed by atoms with van der Waals surface area (Å²) in [7, 11) is 0. The molecule has 0 aromatic carbocycles. The summed E-state index contributed by atoms with van der Waals surface area (Å²) in [5.41, 5.74) is 0.782. The van der Waals surface area contributed by atoms with E-state index in [1.807, 2.05) is 35.7 Å². The topological polar surface area (TPSA) is 56.5 Å². The summed E-state index contributed by atoms with van der Waals surface area (Å²) in [6.45, 7) is 4.27. The minimum Gasteiger partial charge on any atom is -0.465 e. The van der Waals surface area contributed by atoms with Crippen molar-refractivity contribution >= 4 is 23.4 Å². The minimum absolute atomic E-state index is 0.179. The van der Waals surface area contributed by atoms with Crippen molar-refractivity contribution in [1.82, 2.24) is 14.6 Å². The number of carbonyl (C=O) groups is 1. The molecule has 0 N–H and O–H groups in total. The number of esters is 1. The number of hydrogen-bond acceptors (Lipinski definition) is 5. The van der Waals surface area contributed by atoms with Gasteiger partial charge in [0.05, 0.1) is 6.61 Å². The average Bonchev–Trinajstić information content (AvgIpc) is 2.82. The zero-order valence-electron chi connectivity index (χ0n) is 11.1. The van der Waals surface area contributed by atoms with Gasteiger partial charge in [0.25, 0.3) is 0 Å².